The van der Waals surface area contributed by atoms with Gasteiger partial charge < -0.3 is 5.11 Å². The highest BCUT2D eigenvalue weighted by Gasteiger charge is 2.36. The molecule has 0 unspecified atom stereocenters. The maximum Gasteiger partial charge on any atom is 0.335 e. The summed E-state index contributed by atoms with van der Waals surface area (Å²) in [4.78, 5) is 37.9. The van der Waals surface area contributed by atoms with E-state index in [1.807, 2.05) is 0 Å². The van der Waals surface area contributed by atoms with Crippen LogP contribution in [0.3, 0.4) is 0 Å². The molecule has 1 aliphatic rings. The Hall–Kier alpha value is -2.64. The number of rotatable bonds is 2. The molecule has 6 nitrogen and oxygen atoms in total. The van der Waals surface area contributed by atoms with Gasteiger partial charge in [0, 0.05) is 5.02 Å². The van der Waals surface area contributed by atoms with E-state index in [1.165, 1.54) is 24.3 Å². The highest BCUT2D eigenvalue weighted by atomic mass is 79.9. The first-order chi connectivity index (χ1) is 12.3. The molecule has 8 heteroatoms. The van der Waals surface area contributed by atoms with Gasteiger partial charge in [-0.2, -0.15) is 0 Å². The van der Waals surface area contributed by atoms with Gasteiger partial charge in [0.2, 0.25) is 0 Å². The highest BCUT2D eigenvalue weighted by Crippen LogP contribution is 2.28. The molecule has 0 saturated carbocycles. The summed E-state index contributed by atoms with van der Waals surface area (Å²) in [7, 11) is 0. The normalized spacial score (nSPS) is 16.2. The molecule has 1 aliphatic heterocycles. The van der Waals surface area contributed by atoms with Crippen LogP contribution in [0, 0.1) is 6.92 Å². The Morgan fingerprint density at radius 1 is 1.15 bits per heavy atom. The average molecular weight is 436 g/mol. The Bertz CT molecular complexity index is 987. The van der Waals surface area contributed by atoms with E-state index >= 15 is 0 Å². The lowest BCUT2D eigenvalue weighted by Gasteiger charge is -2.26. The highest BCUT2D eigenvalue weighted by molar-refractivity contribution is 9.10. The van der Waals surface area contributed by atoms with Gasteiger partial charge in [-0.05, 0) is 64.3 Å². The third-order valence-electron chi connectivity index (χ3n) is 3.80. The molecule has 0 aromatic heterocycles. The number of hydrogen-bond donors (Lipinski definition) is 2. The molecule has 0 bridgehead atoms. The summed E-state index contributed by atoms with van der Waals surface area (Å²) in [6.07, 6.45) is 1.34. The number of barbiturate groups is 1. The number of phenols is 1. The van der Waals surface area contributed by atoms with Gasteiger partial charge in [0.15, 0.2) is 0 Å². The number of aromatic hydroxyl groups is 1. The second-order valence-electron chi connectivity index (χ2n) is 5.60. The van der Waals surface area contributed by atoms with E-state index in [2.05, 4.69) is 21.2 Å². The summed E-state index contributed by atoms with van der Waals surface area (Å²) in [5, 5.41) is 12.1. The van der Waals surface area contributed by atoms with Crippen molar-refractivity contribution in [3.8, 4) is 5.75 Å². The Morgan fingerprint density at radius 3 is 2.54 bits per heavy atom. The van der Waals surface area contributed by atoms with Crippen LogP contribution in [0.5, 0.6) is 5.75 Å². The van der Waals surface area contributed by atoms with Gasteiger partial charge >= 0.3 is 6.03 Å². The molecule has 0 spiro atoms. The standard InChI is InChI=1S/C18H12BrClN2O4/c1-9-2-4-11(8-14(9)20)22-17(25)12(16(24)21-18(22)26)6-10-3-5-15(23)13(19)7-10/h2-8,23H,1H3,(H,21,24,26). The van der Waals surface area contributed by atoms with Crippen molar-refractivity contribution >= 4 is 57.1 Å². The van der Waals surface area contributed by atoms with Gasteiger partial charge in [-0.1, -0.05) is 23.7 Å². The van der Waals surface area contributed by atoms with Gasteiger partial charge in [-0.25, -0.2) is 9.69 Å². The fourth-order valence-electron chi connectivity index (χ4n) is 2.39. The van der Waals surface area contributed by atoms with E-state index < -0.39 is 17.8 Å². The second-order valence-corrected chi connectivity index (χ2v) is 6.86. The molecule has 26 heavy (non-hydrogen) atoms. The Labute approximate surface area is 162 Å². The van der Waals surface area contributed by atoms with Crippen molar-refractivity contribution in [3.63, 3.8) is 0 Å². The number of amides is 4. The molecule has 3 rings (SSSR count). The SMILES string of the molecule is Cc1ccc(N2C(=O)NC(=O)C(=Cc3ccc(O)c(Br)c3)C2=O)cc1Cl. The van der Waals surface area contributed by atoms with Crippen molar-refractivity contribution < 1.29 is 19.5 Å². The van der Waals surface area contributed by atoms with Crippen molar-refractivity contribution in [1.82, 2.24) is 5.32 Å². The summed E-state index contributed by atoms with van der Waals surface area (Å²) in [5.74, 6) is -1.53. The zero-order chi connectivity index (χ0) is 19.0. The van der Waals surface area contributed by atoms with Crippen molar-refractivity contribution in [1.29, 1.82) is 0 Å². The van der Waals surface area contributed by atoms with Gasteiger partial charge in [0.05, 0.1) is 10.2 Å². The van der Waals surface area contributed by atoms with E-state index in [1.54, 1.807) is 25.1 Å². The number of urea groups is 1. The third-order valence-corrected chi connectivity index (χ3v) is 4.84. The fraction of sp³-hybridized carbons (Fsp3) is 0.0556. The molecule has 2 N–H and O–H groups in total. The summed E-state index contributed by atoms with van der Waals surface area (Å²) in [6.45, 7) is 1.79. The molecule has 1 fully saturated rings. The average Bonchev–Trinajstić information content (AvgIpc) is 2.57. The van der Waals surface area contributed by atoms with Crippen molar-refractivity contribution in [3.05, 3.63) is 62.6 Å². The first kappa shape index (κ1) is 18.2. The second kappa shape index (κ2) is 6.93. The van der Waals surface area contributed by atoms with Gasteiger partial charge in [-0.3, -0.25) is 14.9 Å². The number of carbonyl (C=O) groups is 3. The zero-order valence-electron chi connectivity index (χ0n) is 13.4. The number of nitrogens with zero attached hydrogens (tertiary/aromatic N) is 1. The number of imide groups is 2. The maximum atomic E-state index is 12.8. The van der Waals surface area contributed by atoms with Crippen LogP contribution >= 0.6 is 27.5 Å². The quantitative estimate of drug-likeness (QED) is 0.555. The van der Waals surface area contributed by atoms with Crippen LogP contribution in [0.25, 0.3) is 6.08 Å². The molecule has 1 saturated heterocycles. The first-order valence-corrected chi connectivity index (χ1v) is 8.61. The summed E-state index contributed by atoms with van der Waals surface area (Å²) in [5.41, 5.74) is 1.35. The molecule has 0 atom stereocenters. The van der Waals surface area contributed by atoms with E-state index in [-0.39, 0.29) is 17.0 Å². The lowest BCUT2D eigenvalue weighted by molar-refractivity contribution is -0.122. The molecule has 132 valence electrons. The smallest absolute Gasteiger partial charge is 0.335 e. The van der Waals surface area contributed by atoms with E-state index in [0.29, 0.717) is 15.1 Å². The summed E-state index contributed by atoms with van der Waals surface area (Å²) >= 11 is 9.25. The predicted octanol–water partition coefficient (Wildman–Crippen LogP) is 3.78. The lowest BCUT2D eigenvalue weighted by Crippen LogP contribution is -2.54. The number of halogens is 2. The van der Waals surface area contributed by atoms with E-state index in [9.17, 15) is 19.5 Å². The van der Waals surface area contributed by atoms with Crippen LogP contribution in [-0.4, -0.2) is 23.0 Å². The predicted molar refractivity (Wildman–Crippen MR) is 101 cm³/mol. The zero-order valence-corrected chi connectivity index (χ0v) is 15.8. The lowest BCUT2D eigenvalue weighted by atomic mass is 10.1. The van der Waals surface area contributed by atoms with E-state index in [4.69, 9.17) is 11.6 Å². The van der Waals surface area contributed by atoms with Gasteiger partial charge in [0.1, 0.15) is 11.3 Å². The molecular formula is C18H12BrClN2O4. The van der Waals surface area contributed by atoms with E-state index in [0.717, 1.165) is 10.5 Å². The van der Waals surface area contributed by atoms with Crippen molar-refractivity contribution in [2.45, 2.75) is 6.92 Å². The van der Waals surface area contributed by atoms with Gasteiger partial charge in [0.25, 0.3) is 11.8 Å². The maximum absolute atomic E-state index is 12.8. The molecular weight excluding hydrogens is 424 g/mol. The summed E-state index contributed by atoms with van der Waals surface area (Å²) in [6, 6.07) is 8.40. The third kappa shape index (κ3) is 3.36. The minimum atomic E-state index is -0.844. The van der Waals surface area contributed by atoms with Crippen molar-refractivity contribution in [2.75, 3.05) is 4.90 Å². The monoisotopic (exact) mass is 434 g/mol. The number of anilines is 1. The van der Waals surface area contributed by atoms with Crippen LogP contribution in [0.2, 0.25) is 5.02 Å². The Morgan fingerprint density at radius 2 is 1.88 bits per heavy atom. The molecule has 0 radical (unpaired) electrons. The topological polar surface area (TPSA) is 86.7 Å². The molecule has 2 aromatic rings. The first-order valence-electron chi connectivity index (χ1n) is 7.44. The number of phenolic OH excluding ortho intramolecular Hbond substituents is 1. The minimum absolute atomic E-state index is 0.0256. The number of aryl methyl sites for hydroxylation is 1. The largest absolute Gasteiger partial charge is 0.507 e. The number of carbonyl (C=O) groups excluding carboxylic acids is 3. The number of hydrogen-bond acceptors (Lipinski definition) is 4. The minimum Gasteiger partial charge on any atom is -0.507 e. The fourth-order valence-corrected chi connectivity index (χ4v) is 2.96. The molecule has 4 amide bonds. The van der Waals surface area contributed by atoms with Crippen LogP contribution in [-0.2, 0) is 9.59 Å². The van der Waals surface area contributed by atoms with Crippen LogP contribution in [0.4, 0.5) is 10.5 Å². The number of nitrogens with one attached hydrogen (secondary N) is 1. The Balaban J connectivity index is 2.03. The Kier molecular flexibility index (Phi) is 4.84. The van der Waals surface area contributed by atoms with Crippen molar-refractivity contribution in [2.24, 2.45) is 0 Å². The van der Waals surface area contributed by atoms with Crippen LogP contribution in [0.15, 0.2) is 46.4 Å². The van der Waals surface area contributed by atoms with Gasteiger partial charge in [-0.15, -0.1) is 0 Å². The van der Waals surface area contributed by atoms with Crippen LogP contribution in [0.1, 0.15) is 11.1 Å². The summed E-state index contributed by atoms with van der Waals surface area (Å²) < 4.78 is 0.411. The number of benzene rings is 2. The molecule has 0 aliphatic carbocycles. The van der Waals surface area contributed by atoms with Crippen LogP contribution < -0.4 is 10.2 Å². The molecule has 2 aromatic carbocycles. The molecule has 1 heterocycles.